The normalized spacial score (nSPS) is 21.6. The van der Waals surface area contributed by atoms with Crippen LogP contribution in [0.1, 0.15) is 52.4 Å². The second-order valence-electron chi connectivity index (χ2n) is 8.46. The third-order valence-corrected chi connectivity index (χ3v) is 7.64. The average Bonchev–Trinajstić information content (AvgIpc) is 3.36. The van der Waals surface area contributed by atoms with Gasteiger partial charge in [-0.25, -0.2) is 8.93 Å². The van der Waals surface area contributed by atoms with Gasteiger partial charge in [-0.1, -0.05) is 49.3 Å². The standard InChI is InChI=1S/C26H33N3OS.C2H2/c1-3-6-19(4-2)20-9-11-21(12-10-20)25-14-13-23(29-25)18-28-31(30)26-8-5-7-22-17-27-16-15-24(22)26;1-2/h4-5,7-9,11,15-17,23,25,28-29H,3,6,10,12-14,18H2,1-2H3;1-2H/b19-4+;. The van der Waals surface area contributed by atoms with E-state index in [1.165, 1.54) is 29.6 Å². The lowest BCUT2D eigenvalue weighted by molar-refractivity contribution is 0.552. The van der Waals surface area contributed by atoms with E-state index >= 15 is 0 Å². The van der Waals surface area contributed by atoms with Crippen LogP contribution in [0.5, 0.6) is 0 Å². The summed E-state index contributed by atoms with van der Waals surface area (Å²) in [6, 6.07) is 8.62. The molecule has 1 aromatic carbocycles. The Bertz CT molecular complexity index is 1080. The number of allylic oxidation sites excluding steroid dienone is 5. The minimum absolute atomic E-state index is 0.350. The van der Waals surface area contributed by atoms with Crippen molar-refractivity contribution in [3.8, 4) is 12.8 Å². The molecule has 0 saturated carbocycles. The molecule has 2 aromatic rings. The molecule has 2 heterocycles. The zero-order chi connectivity index (χ0) is 23.6. The molecule has 1 fully saturated rings. The molecule has 0 radical (unpaired) electrons. The SMILES string of the molecule is C#C.C/C=C(\CCC)C1=CC=C(C2CCC(CNS(=O)c3cccc4cnccc34)N2)CC1. The smallest absolute Gasteiger partial charge is 0.125 e. The fourth-order valence-electron chi connectivity index (χ4n) is 4.75. The van der Waals surface area contributed by atoms with E-state index in [0.717, 1.165) is 41.4 Å². The highest BCUT2D eigenvalue weighted by atomic mass is 32.2. The summed E-state index contributed by atoms with van der Waals surface area (Å²) in [6.07, 6.45) is 25.4. The van der Waals surface area contributed by atoms with E-state index in [4.69, 9.17) is 0 Å². The summed E-state index contributed by atoms with van der Waals surface area (Å²) in [5.74, 6) is 0. The lowest BCUT2D eigenvalue weighted by Gasteiger charge is -2.22. The van der Waals surface area contributed by atoms with Crippen LogP contribution in [0, 0.1) is 12.8 Å². The van der Waals surface area contributed by atoms with Gasteiger partial charge in [-0.05, 0) is 62.3 Å². The van der Waals surface area contributed by atoms with Crippen LogP contribution < -0.4 is 10.0 Å². The van der Waals surface area contributed by atoms with Gasteiger partial charge in [0.1, 0.15) is 11.0 Å². The van der Waals surface area contributed by atoms with Gasteiger partial charge in [0.25, 0.3) is 0 Å². The van der Waals surface area contributed by atoms with E-state index < -0.39 is 11.0 Å². The average molecular weight is 462 g/mol. The Balaban J connectivity index is 0.00000149. The second-order valence-corrected chi connectivity index (χ2v) is 9.73. The fraction of sp³-hybridized carbons (Fsp3) is 0.393. The van der Waals surface area contributed by atoms with Crippen molar-refractivity contribution in [1.82, 2.24) is 15.0 Å². The lowest BCUT2D eigenvalue weighted by Crippen LogP contribution is -2.38. The number of hydrogen-bond acceptors (Lipinski definition) is 3. The first kappa shape index (κ1) is 25.1. The molecular formula is C28H35N3OS. The molecule has 1 aliphatic heterocycles. The summed E-state index contributed by atoms with van der Waals surface area (Å²) in [5.41, 5.74) is 4.52. The van der Waals surface area contributed by atoms with E-state index in [0.29, 0.717) is 18.6 Å². The molecule has 0 spiro atoms. The number of pyridine rings is 1. The van der Waals surface area contributed by atoms with Gasteiger partial charge in [0.2, 0.25) is 0 Å². The summed E-state index contributed by atoms with van der Waals surface area (Å²) in [6.45, 7) is 5.10. The third-order valence-electron chi connectivity index (χ3n) is 6.45. The fourth-order valence-corrected chi connectivity index (χ4v) is 5.85. The molecule has 0 bridgehead atoms. The molecule has 3 atom stereocenters. The van der Waals surface area contributed by atoms with E-state index in [9.17, 15) is 4.21 Å². The molecule has 2 N–H and O–H groups in total. The summed E-state index contributed by atoms with van der Waals surface area (Å²) >= 11 is 0. The molecule has 174 valence electrons. The number of fused-ring (bicyclic) bond motifs is 1. The lowest BCUT2D eigenvalue weighted by atomic mass is 9.88. The van der Waals surface area contributed by atoms with Crippen molar-refractivity contribution in [2.75, 3.05) is 6.54 Å². The highest BCUT2D eigenvalue weighted by Gasteiger charge is 2.27. The maximum Gasteiger partial charge on any atom is 0.125 e. The number of terminal acetylenes is 1. The number of nitrogens with zero attached hydrogens (tertiary/aromatic N) is 1. The Labute approximate surface area is 201 Å². The first-order valence-corrected chi connectivity index (χ1v) is 13.0. The van der Waals surface area contributed by atoms with Gasteiger partial charge in [-0.15, -0.1) is 12.8 Å². The van der Waals surface area contributed by atoms with Gasteiger partial charge in [0, 0.05) is 41.8 Å². The topological polar surface area (TPSA) is 54.0 Å². The summed E-state index contributed by atoms with van der Waals surface area (Å²) in [7, 11) is -1.23. The Morgan fingerprint density at radius 2 is 2.09 bits per heavy atom. The molecule has 0 amide bonds. The summed E-state index contributed by atoms with van der Waals surface area (Å²) in [5, 5.41) is 5.79. The van der Waals surface area contributed by atoms with Crippen LogP contribution in [0.25, 0.3) is 10.8 Å². The minimum Gasteiger partial charge on any atom is -0.306 e. The van der Waals surface area contributed by atoms with E-state index in [1.807, 2.05) is 30.5 Å². The van der Waals surface area contributed by atoms with Crippen LogP contribution in [-0.4, -0.2) is 27.8 Å². The maximum absolute atomic E-state index is 12.9. The number of hydrogen-bond donors (Lipinski definition) is 2. The largest absolute Gasteiger partial charge is 0.306 e. The van der Waals surface area contributed by atoms with Crippen molar-refractivity contribution in [2.24, 2.45) is 0 Å². The van der Waals surface area contributed by atoms with Gasteiger partial charge in [0.15, 0.2) is 0 Å². The maximum atomic E-state index is 12.9. The van der Waals surface area contributed by atoms with Crippen molar-refractivity contribution in [3.05, 3.63) is 71.6 Å². The van der Waals surface area contributed by atoms with Crippen LogP contribution in [-0.2, 0) is 11.0 Å². The predicted molar refractivity (Wildman–Crippen MR) is 140 cm³/mol. The van der Waals surface area contributed by atoms with Gasteiger partial charge in [0.05, 0.1) is 4.90 Å². The van der Waals surface area contributed by atoms with Gasteiger partial charge in [-0.2, -0.15) is 0 Å². The van der Waals surface area contributed by atoms with E-state index in [-0.39, 0.29) is 0 Å². The molecule has 1 aliphatic carbocycles. The third kappa shape index (κ3) is 6.29. The molecule has 5 heteroatoms. The number of aromatic nitrogens is 1. The van der Waals surface area contributed by atoms with Crippen molar-refractivity contribution in [3.63, 3.8) is 0 Å². The van der Waals surface area contributed by atoms with Crippen LogP contribution >= 0.6 is 0 Å². The molecule has 4 nitrogen and oxygen atoms in total. The molecule has 2 aliphatic rings. The zero-order valence-electron chi connectivity index (χ0n) is 19.7. The summed E-state index contributed by atoms with van der Waals surface area (Å²) < 4.78 is 16.2. The van der Waals surface area contributed by atoms with Gasteiger partial charge < -0.3 is 5.32 Å². The molecule has 1 saturated heterocycles. The van der Waals surface area contributed by atoms with Crippen molar-refractivity contribution in [1.29, 1.82) is 0 Å². The molecular weight excluding hydrogens is 426 g/mol. The minimum atomic E-state index is -1.23. The first-order valence-electron chi connectivity index (χ1n) is 11.8. The highest BCUT2D eigenvalue weighted by Crippen LogP contribution is 2.31. The van der Waals surface area contributed by atoms with Gasteiger partial charge >= 0.3 is 0 Å². The van der Waals surface area contributed by atoms with Gasteiger partial charge in [-0.3, -0.25) is 4.98 Å². The Hall–Kier alpha value is -2.52. The second kappa shape index (κ2) is 12.6. The highest BCUT2D eigenvalue weighted by molar-refractivity contribution is 7.83. The molecule has 33 heavy (non-hydrogen) atoms. The number of rotatable bonds is 8. The monoisotopic (exact) mass is 461 g/mol. The molecule has 3 unspecified atom stereocenters. The van der Waals surface area contributed by atoms with Crippen LogP contribution in [0.2, 0.25) is 0 Å². The van der Waals surface area contributed by atoms with Crippen molar-refractivity contribution in [2.45, 2.75) is 69.4 Å². The number of benzene rings is 1. The van der Waals surface area contributed by atoms with Crippen molar-refractivity contribution < 1.29 is 4.21 Å². The Kier molecular flexibility index (Phi) is 9.62. The summed E-state index contributed by atoms with van der Waals surface area (Å²) in [4.78, 5) is 4.99. The quantitative estimate of drug-likeness (QED) is 0.503. The van der Waals surface area contributed by atoms with Crippen LogP contribution in [0.3, 0.4) is 0 Å². The van der Waals surface area contributed by atoms with Crippen LogP contribution in [0.15, 0.2) is 76.5 Å². The molecule has 4 rings (SSSR count). The van der Waals surface area contributed by atoms with Crippen molar-refractivity contribution >= 4 is 21.8 Å². The van der Waals surface area contributed by atoms with E-state index in [2.05, 4.69) is 59.9 Å². The predicted octanol–water partition coefficient (Wildman–Crippen LogP) is 5.61. The molecule has 1 aromatic heterocycles. The van der Waals surface area contributed by atoms with E-state index in [1.54, 1.807) is 6.20 Å². The first-order chi connectivity index (χ1) is 16.2. The Morgan fingerprint density at radius 3 is 2.82 bits per heavy atom. The Morgan fingerprint density at radius 1 is 1.24 bits per heavy atom. The zero-order valence-corrected chi connectivity index (χ0v) is 20.5. The van der Waals surface area contributed by atoms with Crippen LogP contribution in [0.4, 0.5) is 0 Å². The number of nitrogens with one attached hydrogen (secondary N) is 2.